The van der Waals surface area contributed by atoms with Gasteiger partial charge < -0.3 is 4.74 Å². The Balaban J connectivity index is 3.35. The summed E-state index contributed by atoms with van der Waals surface area (Å²) in [4.78, 5) is 0. The fraction of sp³-hybridized carbons (Fsp3) is 1.00. The van der Waals surface area contributed by atoms with Crippen LogP contribution < -0.4 is 5.32 Å². The molecule has 0 spiro atoms. The van der Waals surface area contributed by atoms with Crippen molar-refractivity contribution in [2.75, 3.05) is 13.3 Å². The van der Waals surface area contributed by atoms with Gasteiger partial charge in [0.05, 0.1) is 12.3 Å². The zero-order valence-corrected chi connectivity index (χ0v) is 9.32. The second-order valence-electron chi connectivity index (χ2n) is 5.39. The average Bonchev–Trinajstić information content (AvgIpc) is 1.76. The van der Waals surface area contributed by atoms with Crippen molar-refractivity contribution in [1.29, 1.82) is 0 Å². The number of ether oxygens (including phenoxy) is 1. The molecule has 1 N–H and O–H groups in total. The summed E-state index contributed by atoms with van der Waals surface area (Å²) in [5.41, 5.74) is 0.298. The van der Waals surface area contributed by atoms with Crippen molar-refractivity contribution in [1.82, 2.24) is 5.32 Å². The molecule has 0 saturated carbocycles. The van der Waals surface area contributed by atoms with Crippen molar-refractivity contribution >= 4 is 0 Å². The number of nitrogens with one attached hydrogen (secondary N) is 1. The fourth-order valence-electron chi connectivity index (χ4n) is 0.694. The van der Waals surface area contributed by atoms with E-state index in [0.29, 0.717) is 12.1 Å². The lowest BCUT2D eigenvalue weighted by molar-refractivity contribution is -0.0156. The first-order valence-corrected chi connectivity index (χ1v) is 4.55. The maximum absolute atomic E-state index is 5.51. The van der Waals surface area contributed by atoms with Gasteiger partial charge in [0.1, 0.15) is 0 Å². The van der Waals surface area contributed by atoms with Gasteiger partial charge in [-0.2, -0.15) is 0 Å². The summed E-state index contributed by atoms with van der Waals surface area (Å²) < 4.78 is 5.51. The van der Waals surface area contributed by atoms with E-state index in [-0.39, 0.29) is 5.60 Å². The van der Waals surface area contributed by atoms with E-state index in [2.05, 4.69) is 46.9 Å². The molecule has 0 aromatic heterocycles. The molecule has 0 rings (SSSR count). The first kappa shape index (κ1) is 11.9. The van der Waals surface area contributed by atoms with E-state index in [1.54, 1.807) is 0 Å². The zero-order chi connectivity index (χ0) is 9.83. The Bertz CT molecular complexity index is 103. The third-order valence-corrected chi connectivity index (χ3v) is 1.26. The molecular weight excluding hydrogens is 150 g/mol. The molecule has 0 aromatic rings. The number of rotatable bonds is 3. The van der Waals surface area contributed by atoms with Gasteiger partial charge in [-0.05, 0) is 26.2 Å². The van der Waals surface area contributed by atoms with Crippen molar-refractivity contribution in [3.63, 3.8) is 0 Å². The summed E-state index contributed by atoms with van der Waals surface area (Å²) in [6, 6.07) is 0. The quantitative estimate of drug-likeness (QED) is 0.522. The molecule has 0 amide bonds. The van der Waals surface area contributed by atoms with Crippen molar-refractivity contribution in [3.05, 3.63) is 0 Å². The molecule has 74 valence electrons. The molecule has 0 aromatic carbocycles. The van der Waals surface area contributed by atoms with Crippen LogP contribution in [0.15, 0.2) is 0 Å². The lowest BCUT2D eigenvalue weighted by atomic mass is 9.97. The lowest BCUT2D eigenvalue weighted by Crippen LogP contribution is -2.32. The zero-order valence-electron chi connectivity index (χ0n) is 9.32. The Morgan fingerprint density at radius 1 is 1.00 bits per heavy atom. The molecular formula is C10H23NO. The fourth-order valence-corrected chi connectivity index (χ4v) is 0.694. The molecule has 0 aliphatic heterocycles. The van der Waals surface area contributed by atoms with Gasteiger partial charge in [0.25, 0.3) is 0 Å². The topological polar surface area (TPSA) is 21.3 Å². The van der Waals surface area contributed by atoms with Gasteiger partial charge in [0.2, 0.25) is 0 Å². The number of hydrogen-bond acceptors (Lipinski definition) is 2. The summed E-state index contributed by atoms with van der Waals surface area (Å²) in [7, 11) is 0. The molecule has 0 heterocycles. The third-order valence-electron chi connectivity index (χ3n) is 1.26. The first-order valence-electron chi connectivity index (χ1n) is 4.55. The van der Waals surface area contributed by atoms with Gasteiger partial charge in [-0.25, -0.2) is 0 Å². The van der Waals surface area contributed by atoms with E-state index >= 15 is 0 Å². The van der Waals surface area contributed by atoms with E-state index in [4.69, 9.17) is 4.74 Å². The van der Waals surface area contributed by atoms with Gasteiger partial charge in [-0.3, -0.25) is 5.32 Å². The summed E-state index contributed by atoms with van der Waals surface area (Å²) in [6.45, 7) is 14.4. The molecule has 0 bridgehead atoms. The van der Waals surface area contributed by atoms with Crippen LogP contribution in [-0.4, -0.2) is 18.9 Å². The van der Waals surface area contributed by atoms with Gasteiger partial charge in [0, 0.05) is 6.54 Å². The highest BCUT2D eigenvalue weighted by molar-refractivity contribution is 4.64. The lowest BCUT2D eigenvalue weighted by Gasteiger charge is -2.23. The SMILES string of the molecule is CC(C)(C)CNCOC(C)(C)C. The predicted molar refractivity (Wildman–Crippen MR) is 53.2 cm³/mol. The summed E-state index contributed by atoms with van der Waals surface area (Å²) in [6.07, 6.45) is 0. The van der Waals surface area contributed by atoms with Crippen molar-refractivity contribution in [3.8, 4) is 0 Å². The Morgan fingerprint density at radius 3 is 1.83 bits per heavy atom. The highest BCUT2D eigenvalue weighted by atomic mass is 16.5. The molecule has 0 fully saturated rings. The first-order chi connectivity index (χ1) is 5.21. The van der Waals surface area contributed by atoms with Crippen LogP contribution in [0.1, 0.15) is 41.5 Å². The van der Waals surface area contributed by atoms with Crippen LogP contribution in [0.4, 0.5) is 0 Å². The molecule has 0 atom stereocenters. The predicted octanol–water partition coefficient (Wildman–Crippen LogP) is 2.39. The van der Waals surface area contributed by atoms with E-state index in [1.165, 1.54) is 0 Å². The van der Waals surface area contributed by atoms with Crippen LogP contribution in [0.25, 0.3) is 0 Å². The molecule has 0 unspecified atom stereocenters. The van der Waals surface area contributed by atoms with Crippen LogP contribution >= 0.6 is 0 Å². The van der Waals surface area contributed by atoms with E-state index in [9.17, 15) is 0 Å². The van der Waals surface area contributed by atoms with Gasteiger partial charge in [-0.15, -0.1) is 0 Å². The molecule has 0 aliphatic carbocycles. The molecule has 2 heteroatoms. The van der Waals surface area contributed by atoms with Crippen molar-refractivity contribution < 1.29 is 4.74 Å². The van der Waals surface area contributed by atoms with Crippen LogP contribution in [0.2, 0.25) is 0 Å². The molecule has 12 heavy (non-hydrogen) atoms. The largest absolute Gasteiger partial charge is 0.361 e. The maximum atomic E-state index is 5.51. The van der Waals surface area contributed by atoms with E-state index < -0.39 is 0 Å². The van der Waals surface area contributed by atoms with Crippen molar-refractivity contribution in [2.24, 2.45) is 5.41 Å². The normalized spacial score (nSPS) is 13.5. The molecule has 2 nitrogen and oxygen atoms in total. The highest BCUT2D eigenvalue weighted by Crippen LogP contribution is 2.10. The van der Waals surface area contributed by atoms with Crippen LogP contribution in [0, 0.1) is 5.41 Å². The molecule has 0 radical (unpaired) electrons. The van der Waals surface area contributed by atoms with E-state index in [0.717, 1.165) is 6.54 Å². The Hall–Kier alpha value is -0.0800. The molecule has 0 saturated heterocycles. The van der Waals surface area contributed by atoms with Crippen LogP contribution in [-0.2, 0) is 4.74 Å². The monoisotopic (exact) mass is 173 g/mol. The average molecular weight is 173 g/mol. The summed E-state index contributed by atoms with van der Waals surface area (Å²) in [5, 5.41) is 3.26. The second kappa shape index (κ2) is 4.24. The minimum absolute atomic E-state index is 0.0368. The van der Waals surface area contributed by atoms with Gasteiger partial charge >= 0.3 is 0 Å². The smallest absolute Gasteiger partial charge is 0.0972 e. The van der Waals surface area contributed by atoms with Crippen molar-refractivity contribution in [2.45, 2.75) is 47.1 Å². The minimum Gasteiger partial charge on any atom is -0.361 e. The Morgan fingerprint density at radius 2 is 1.50 bits per heavy atom. The van der Waals surface area contributed by atoms with Gasteiger partial charge in [0.15, 0.2) is 0 Å². The number of hydrogen-bond donors (Lipinski definition) is 1. The molecule has 0 aliphatic rings. The van der Waals surface area contributed by atoms with Gasteiger partial charge in [-0.1, -0.05) is 20.8 Å². The summed E-state index contributed by atoms with van der Waals surface area (Å²) >= 11 is 0. The summed E-state index contributed by atoms with van der Waals surface area (Å²) in [5.74, 6) is 0. The Labute approximate surface area is 76.7 Å². The Kier molecular flexibility index (Phi) is 4.21. The van der Waals surface area contributed by atoms with Crippen LogP contribution in [0.5, 0.6) is 0 Å². The van der Waals surface area contributed by atoms with E-state index in [1.807, 2.05) is 0 Å². The minimum atomic E-state index is -0.0368. The van der Waals surface area contributed by atoms with Crippen LogP contribution in [0.3, 0.4) is 0 Å². The second-order valence-corrected chi connectivity index (χ2v) is 5.39. The maximum Gasteiger partial charge on any atom is 0.0972 e. The third kappa shape index (κ3) is 9.92. The highest BCUT2D eigenvalue weighted by Gasteiger charge is 2.11. The standard InChI is InChI=1S/C10H23NO/c1-9(2,3)7-11-8-12-10(4,5)6/h11H,7-8H2,1-6H3.